The highest BCUT2D eigenvalue weighted by atomic mass is 14.8. The monoisotopic (exact) mass is 171 g/mol. The second-order valence-electron chi connectivity index (χ2n) is 3.12. The molecule has 2 aromatic rings. The van der Waals surface area contributed by atoms with Crippen LogP contribution >= 0.6 is 0 Å². The fourth-order valence-electron chi connectivity index (χ4n) is 1.49. The van der Waals surface area contributed by atoms with Gasteiger partial charge in [0.15, 0.2) is 0 Å². The predicted octanol–water partition coefficient (Wildman–Crippen LogP) is 2.05. The van der Waals surface area contributed by atoms with Gasteiger partial charge in [0.1, 0.15) is 11.7 Å². The van der Waals surface area contributed by atoms with Crippen molar-refractivity contribution in [1.82, 2.24) is 9.97 Å². The first-order valence-electron chi connectivity index (χ1n) is 4.07. The fourth-order valence-corrected chi connectivity index (χ4v) is 1.49. The minimum absolute atomic E-state index is 0.726. The molecule has 0 fully saturated rings. The minimum Gasteiger partial charge on any atom is -0.346 e. The second kappa shape index (κ2) is 2.60. The van der Waals surface area contributed by atoms with E-state index in [0.29, 0.717) is 0 Å². The standard InChI is InChI=1S/C10H9N3/c1-6-4-12-10-9(8(6)3-11)7(2)5-13-10/h4-5H,1-2H3,(H,12,13). The van der Waals surface area contributed by atoms with Crippen LogP contribution in [0.5, 0.6) is 0 Å². The Labute approximate surface area is 76.0 Å². The Balaban J connectivity index is 2.99. The molecule has 0 radical (unpaired) electrons. The van der Waals surface area contributed by atoms with Crippen LogP contribution in [0.25, 0.3) is 11.0 Å². The zero-order chi connectivity index (χ0) is 9.42. The highest BCUT2D eigenvalue weighted by Gasteiger charge is 2.08. The third-order valence-corrected chi connectivity index (χ3v) is 2.20. The van der Waals surface area contributed by atoms with E-state index in [1.165, 1.54) is 0 Å². The number of H-pyrrole nitrogens is 1. The molecule has 0 amide bonds. The Morgan fingerprint density at radius 2 is 2.15 bits per heavy atom. The first kappa shape index (κ1) is 7.81. The number of rotatable bonds is 0. The number of aromatic amines is 1. The van der Waals surface area contributed by atoms with E-state index in [2.05, 4.69) is 16.0 Å². The van der Waals surface area contributed by atoms with Gasteiger partial charge in [-0.2, -0.15) is 5.26 Å². The van der Waals surface area contributed by atoms with E-state index in [0.717, 1.165) is 27.7 Å². The molecule has 0 unspecified atom stereocenters. The van der Waals surface area contributed by atoms with Gasteiger partial charge in [0.05, 0.1) is 5.56 Å². The lowest BCUT2D eigenvalue weighted by Crippen LogP contribution is -1.87. The van der Waals surface area contributed by atoms with Crippen molar-refractivity contribution in [3.05, 3.63) is 29.1 Å². The molecule has 64 valence electrons. The number of nitrogens with zero attached hydrogens (tertiary/aromatic N) is 2. The predicted molar refractivity (Wildman–Crippen MR) is 50.3 cm³/mol. The maximum atomic E-state index is 8.97. The molecule has 0 bridgehead atoms. The summed E-state index contributed by atoms with van der Waals surface area (Å²) >= 11 is 0. The van der Waals surface area contributed by atoms with E-state index in [1.807, 2.05) is 20.0 Å². The molecule has 0 aromatic carbocycles. The summed E-state index contributed by atoms with van der Waals surface area (Å²) in [4.78, 5) is 7.23. The lowest BCUT2D eigenvalue weighted by atomic mass is 10.1. The van der Waals surface area contributed by atoms with Crippen LogP contribution in [0, 0.1) is 25.2 Å². The summed E-state index contributed by atoms with van der Waals surface area (Å²) in [6.45, 7) is 3.87. The molecule has 0 aliphatic rings. The van der Waals surface area contributed by atoms with E-state index in [4.69, 9.17) is 5.26 Å². The highest BCUT2D eigenvalue weighted by Crippen LogP contribution is 2.21. The number of nitrogens with one attached hydrogen (secondary N) is 1. The lowest BCUT2D eigenvalue weighted by Gasteiger charge is -1.98. The average Bonchev–Trinajstić information content (AvgIpc) is 2.49. The number of nitriles is 1. The van der Waals surface area contributed by atoms with Crippen LogP contribution in [-0.4, -0.2) is 9.97 Å². The smallest absolute Gasteiger partial charge is 0.138 e. The van der Waals surface area contributed by atoms with E-state index in [9.17, 15) is 0 Å². The number of hydrogen-bond acceptors (Lipinski definition) is 2. The zero-order valence-corrected chi connectivity index (χ0v) is 7.55. The number of pyridine rings is 1. The van der Waals surface area contributed by atoms with Gasteiger partial charge in [-0.15, -0.1) is 0 Å². The lowest BCUT2D eigenvalue weighted by molar-refractivity contribution is 1.27. The molecule has 2 rings (SSSR count). The van der Waals surface area contributed by atoms with Gasteiger partial charge in [-0.05, 0) is 25.0 Å². The molecule has 0 atom stereocenters. The van der Waals surface area contributed by atoms with Crippen LogP contribution in [0.1, 0.15) is 16.7 Å². The van der Waals surface area contributed by atoms with Crippen molar-refractivity contribution < 1.29 is 0 Å². The molecule has 3 heteroatoms. The molecule has 1 N–H and O–H groups in total. The molecule has 0 saturated heterocycles. The number of fused-ring (bicyclic) bond motifs is 1. The summed E-state index contributed by atoms with van der Waals surface area (Å²) in [6, 6.07) is 2.21. The van der Waals surface area contributed by atoms with E-state index < -0.39 is 0 Å². The summed E-state index contributed by atoms with van der Waals surface area (Å²) < 4.78 is 0. The Kier molecular flexibility index (Phi) is 1.56. The molecule has 13 heavy (non-hydrogen) atoms. The van der Waals surface area contributed by atoms with Crippen molar-refractivity contribution in [2.75, 3.05) is 0 Å². The summed E-state index contributed by atoms with van der Waals surface area (Å²) in [6.07, 6.45) is 3.59. The maximum absolute atomic E-state index is 8.97. The molecular formula is C10H9N3. The quantitative estimate of drug-likeness (QED) is 0.659. The van der Waals surface area contributed by atoms with Crippen LogP contribution < -0.4 is 0 Å². The van der Waals surface area contributed by atoms with E-state index >= 15 is 0 Å². The number of aryl methyl sites for hydroxylation is 2. The van der Waals surface area contributed by atoms with Crippen molar-refractivity contribution in [2.45, 2.75) is 13.8 Å². The summed E-state index contributed by atoms with van der Waals surface area (Å²) in [5, 5.41) is 9.91. The third kappa shape index (κ3) is 0.994. The fraction of sp³-hybridized carbons (Fsp3) is 0.200. The van der Waals surface area contributed by atoms with Gasteiger partial charge in [-0.25, -0.2) is 4.98 Å². The number of aromatic nitrogens is 2. The molecule has 0 spiro atoms. The SMILES string of the molecule is Cc1cnc2[nH]cc(C)c2c1C#N. The topological polar surface area (TPSA) is 52.5 Å². The minimum atomic E-state index is 0.726. The van der Waals surface area contributed by atoms with Crippen molar-refractivity contribution in [1.29, 1.82) is 5.26 Å². The molecule has 2 heterocycles. The Morgan fingerprint density at radius 1 is 1.38 bits per heavy atom. The van der Waals surface area contributed by atoms with Crippen molar-refractivity contribution in [3.8, 4) is 6.07 Å². The number of hydrogen-bond donors (Lipinski definition) is 1. The van der Waals surface area contributed by atoms with Gasteiger partial charge >= 0.3 is 0 Å². The van der Waals surface area contributed by atoms with Crippen molar-refractivity contribution in [3.63, 3.8) is 0 Å². The first-order valence-corrected chi connectivity index (χ1v) is 4.07. The Bertz CT molecular complexity index is 503. The van der Waals surface area contributed by atoms with Gasteiger partial charge in [-0.1, -0.05) is 0 Å². The van der Waals surface area contributed by atoms with Crippen LogP contribution in [0.15, 0.2) is 12.4 Å². The van der Waals surface area contributed by atoms with Crippen LogP contribution in [0.2, 0.25) is 0 Å². The Hall–Kier alpha value is -1.82. The Morgan fingerprint density at radius 3 is 2.85 bits per heavy atom. The molecular weight excluding hydrogens is 162 g/mol. The first-order chi connectivity index (χ1) is 6.24. The van der Waals surface area contributed by atoms with Gasteiger partial charge in [-0.3, -0.25) is 0 Å². The average molecular weight is 171 g/mol. The third-order valence-electron chi connectivity index (χ3n) is 2.20. The summed E-state index contributed by atoms with van der Waals surface area (Å²) in [5.41, 5.74) is 3.52. The van der Waals surface area contributed by atoms with Gasteiger partial charge in [0, 0.05) is 17.8 Å². The second-order valence-corrected chi connectivity index (χ2v) is 3.12. The largest absolute Gasteiger partial charge is 0.346 e. The van der Waals surface area contributed by atoms with E-state index in [-0.39, 0.29) is 0 Å². The molecule has 0 aliphatic heterocycles. The summed E-state index contributed by atoms with van der Waals surface area (Å²) in [7, 11) is 0. The molecule has 3 nitrogen and oxygen atoms in total. The van der Waals surface area contributed by atoms with Gasteiger partial charge in [0.2, 0.25) is 0 Å². The highest BCUT2D eigenvalue weighted by molar-refractivity contribution is 5.86. The van der Waals surface area contributed by atoms with Crippen molar-refractivity contribution >= 4 is 11.0 Å². The van der Waals surface area contributed by atoms with Crippen molar-refractivity contribution in [2.24, 2.45) is 0 Å². The van der Waals surface area contributed by atoms with Crippen LogP contribution in [0.3, 0.4) is 0 Å². The molecule has 0 aliphatic carbocycles. The van der Waals surface area contributed by atoms with Gasteiger partial charge < -0.3 is 4.98 Å². The van der Waals surface area contributed by atoms with Crippen LogP contribution in [-0.2, 0) is 0 Å². The maximum Gasteiger partial charge on any atom is 0.138 e. The molecule has 2 aromatic heterocycles. The normalized spacial score (nSPS) is 10.2. The molecule has 0 saturated carbocycles. The zero-order valence-electron chi connectivity index (χ0n) is 7.55. The van der Waals surface area contributed by atoms with Gasteiger partial charge in [0.25, 0.3) is 0 Å². The van der Waals surface area contributed by atoms with Crippen LogP contribution in [0.4, 0.5) is 0 Å². The van der Waals surface area contributed by atoms with E-state index in [1.54, 1.807) is 6.20 Å². The summed E-state index contributed by atoms with van der Waals surface area (Å²) in [5.74, 6) is 0.